The van der Waals surface area contributed by atoms with E-state index >= 15 is 0 Å². The normalized spacial score (nSPS) is 15.2. The molecule has 3 heteroatoms. The molecule has 24 heavy (non-hydrogen) atoms. The molecule has 1 amide bonds. The number of amides is 1. The van der Waals surface area contributed by atoms with Crippen molar-refractivity contribution in [3.8, 4) is 0 Å². The molecule has 0 radical (unpaired) electrons. The number of nitrogens with zero attached hydrogens (tertiary/aromatic N) is 1. The van der Waals surface area contributed by atoms with Crippen LogP contribution < -0.4 is 0 Å². The van der Waals surface area contributed by atoms with Crippen LogP contribution in [0.2, 0.25) is 0 Å². The maximum Gasteiger partial charge on any atom is 0.254 e. The van der Waals surface area contributed by atoms with E-state index in [4.69, 9.17) is 0 Å². The third-order valence-electron chi connectivity index (χ3n) is 4.80. The molecule has 1 fully saturated rings. The highest BCUT2D eigenvalue weighted by atomic mass is 32.2. The van der Waals surface area contributed by atoms with Crippen LogP contribution in [-0.4, -0.2) is 23.9 Å². The van der Waals surface area contributed by atoms with Gasteiger partial charge in [0.1, 0.15) is 0 Å². The van der Waals surface area contributed by atoms with Gasteiger partial charge in [-0.2, -0.15) is 0 Å². The Morgan fingerprint density at radius 2 is 1.67 bits per heavy atom. The third-order valence-corrected chi connectivity index (χ3v) is 5.94. The van der Waals surface area contributed by atoms with E-state index in [0.717, 1.165) is 29.1 Å². The van der Waals surface area contributed by atoms with Gasteiger partial charge in [-0.3, -0.25) is 4.79 Å². The zero-order valence-corrected chi connectivity index (χ0v) is 15.1. The van der Waals surface area contributed by atoms with Crippen molar-refractivity contribution >= 4 is 17.7 Å². The number of hydrogen-bond acceptors (Lipinski definition) is 2. The van der Waals surface area contributed by atoms with Crippen LogP contribution in [0.5, 0.6) is 0 Å². The molecule has 1 aliphatic carbocycles. The first-order valence-corrected chi connectivity index (χ1v) is 9.77. The topological polar surface area (TPSA) is 20.3 Å². The second-order valence-corrected chi connectivity index (χ2v) is 7.50. The highest BCUT2D eigenvalue weighted by molar-refractivity contribution is 7.98. The lowest BCUT2D eigenvalue weighted by atomic mass is 9.94. The minimum atomic E-state index is 0.165. The number of benzene rings is 2. The Hall–Kier alpha value is -1.74. The highest BCUT2D eigenvalue weighted by Gasteiger charge is 2.24. The van der Waals surface area contributed by atoms with Crippen LogP contribution in [0.3, 0.4) is 0 Å². The van der Waals surface area contributed by atoms with Crippen LogP contribution in [0, 0.1) is 0 Å². The average molecular weight is 340 g/mol. The van der Waals surface area contributed by atoms with Gasteiger partial charge in [-0.15, -0.1) is 11.8 Å². The lowest BCUT2D eigenvalue weighted by Gasteiger charge is -2.31. The minimum absolute atomic E-state index is 0.165. The Balaban J connectivity index is 1.71. The summed E-state index contributed by atoms with van der Waals surface area (Å²) in [5.74, 6) is 1.05. The first-order valence-electron chi connectivity index (χ1n) is 8.78. The largest absolute Gasteiger partial charge is 0.339 e. The third kappa shape index (κ3) is 4.21. The molecular weight excluding hydrogens is 314 g/mol. The van der Waals surface area contributed by atoms with Crippen LogP contribution in [0.4, 0.5) is 0 Å². The summed E-state index contributed by atoms with van der Waals surface area (Å²) in [6, 6.07) is 18.8. The van der Waals surface area contributed by atoms with E-state index in [2.05, 4.69) is 30.3 Å². The maximum absolute atomic E-state index is 13.0. The van der Waals surface area contributed by atoms with Gasteiger partial charge in [0.2, 0.25) is 0 Å². The van der Waals surface area contributed by atoms with E-state index in [1.165, 1.54) is 24.8 Å². The molecule has 2 aromatic rings. The SMILES string of the molecule is CN(C(=O)c1ccccc1SCc1ccccc1)C1CCCCC1. The van der Waals surface area contributed by atoms with Crippen molar-refractivity contribution in [1.29, 1.82) is 0 Å². The molecule has 0 atom stereocenters. The number of carbonyl (C=O) groups is 1. The molecule has 0 N–H and O–H groups in total. The van der Waals surface area contributed by atoms with Crippen molar-refractivity contribution in [2.75, 3.05) is 7.05 Å². The second-order valence-electron chi connectivity index (χ2n) is 6.48. The van der Waals surface area contributed by atoms with Gasteiger partial charge in [-0.1, -0.05) is 61.7 Å². The van der Waals surface area contributed by atoms with Crippen LogP contribution in [0.25, 0.3) is 0 Å². The zero-order valence-electron chi connectivity index (χ0n) is 14.3. The Labute approximate surface area is 149 Å². The van der Waals surface area contributed by atoms with E-state index < -0.39 is 0 Å². The van der Waals surface area contributed by atoms with Crippen LogP contribution in [0.15, 0.2) is 59.5 Å². The van der Waals surface area contributed by atoms with Crippen molar-refractivity contribution < 1.29 is 4.79 Å². The predicted octanol–water partition coefficient (Wildman–Crippen LogP) is 5.38. The lowest BCUT2D eigenvalue weighted by molar-refractivity contribution is 0.0693. The highest BCUT2D eigenvalue weighted by Crippen LogP contribution is 2.29. The van der Waals surface area contributed by atoms with Crippen molar-refractivity contribution in [3.63, 3.8) is 0 Å². The molecule has 0 spiro atoms. The van der Waals surface area contributed by atoms with E-state index in [-0.39, 0.29) is 5.91 Å². The van der Waals surface area contributed by atoms with Crippen LogP contribution >= 0.6 is 11.8 Å². The summed E-state index contributed by atoms with van der Waals surface area (Å²) < 4.78 is 0. The molecule has 1 saturated carbocycles. The number of hydrogen-bond donors (Lipinski definition) is 0. The van der Waals surface area contributed by atoms with E-state index in [1.807, 2.05) is 36.2 Å². The number of rotatable bonds is 5. The fourth-order valence-corrected chi connectivity index (χ4v) is 4.33. The molecule has 3 rings (SSSR count). The Morgan fingerprint density at radius 1 is 1.00 bits per heavy atom. The Kier molecular flexibility index (Phi) is 5.97. The molecule has 0 bridgehead atoms. The van der Waals surface area contributed by atoms with E-state index in [0.29, 0.717) is 6.04 Å². The maximum atomic E-state index is 13.0. The summed E-state index contributed by atoms with van der Waals surface area (Å²) in [5, 5.41) is 0. The zero-order chi connectivity index (χ0) is 16.8. The molecule has 0 aliphatic heterocycles. The van der Waals surface area contributed by atoms with Crippen molar-refractivity contribution in [2.24, 2.45) is 0 Å². The predicted molar refractivity (Wildman–Crippen MR) is 101 cm³/mol. The minimum Gasteiger partial charge on any atom is -0.339 e. The molecule has 2 nitrogen and oxygen atoms in total. The summed E-state index contributed by atoms with van der Waals surface area (Å²) >= 11 is 1.75. The van der Waals surface area contributed by atoms with Gasteiger partial charge in [0.05, 0.1) is 5.56 Å². The van der Waals surface area contributed by atoms with Crippen LogP contribution in [0.1, 0.15) is 48.0 Å². The summed E-state index contributed by atoms with van der Waals surface area (Å²) in [6.07, 6.45) is 6.07. The molecule has 1 aliphatic rings. The van der Waals surface area contributed by atoms with Crippen LogP contribution in [-0.2, 0) is 5.75 Å². The standard InChI is InChI=1S/C21H25NOS/c1-22(18-12-6-3-7-13-18)21(23)19-14-8-9-15-20(19)24-16-17-10-4-2-5-11-17/h2,4-5,8-11,14-15,18H,3,6-7,12-13,16H2,1H3. The van der Waals surface area contributed by atoms with Gasteiger partial charge in [0.15, 0.2) is 0 Å². The van der Waals surface area contributed by atoms with Gasteiger partial charge < -0.3 is 4.90 Å². The lowest BCUT2D eigenvalue weighted by Crippen LogP contribution is -2.38. The molecular formula is C21H25NOS. The fraction of sp³-hybridized carbons (Fsp3) is 0.381. The molecule has 0 aromatic heterocycles. The van der Waals surface area contributed by atoms with Crippen molar-refractivity contribution in [3.05, 3.63) is 65.7 Å². The van der Waals surface area contributed by atoms with Crippen molar-refractivity contribution in [1.82, 2.24) is 4.90 Å². The smallest absolute Gasteiger partial charge is 0.254 e. The first-order chi connectivity index (χ1) is 11.8. The molecule has 0 unspecified atom stereocenters. The van der Waals surface area contributed by atoms with Gasteiger partial charge in [0.25, 0.3) is 5.91 Å². The molecule has 0 saturated heterocycles. The molecule has 2 aromatic carbocycles. The average Bonchev–Trinajstić information content (AvgIpc) is 2.67. The van der Waals surface area contributed by atoms with Gasteiger partial charge >= 0.3 is 0 Å². The Bertz CT molecular complexity index is 665. The fourth-order valence-electron chi connectivity index (χ4n) is 3.33. The van der Waals surface area contributed by atoms with Crippen molar-refractivity contribution in [2.45, 2.75) is 48.8 Å². The monoisotopic (exact) mass is 339 g/mol. The van der Waals surface area contributed by atoms with Gasteiger partial charge in [0, 0.05) is 23.7 Å². The number of thioether (sulfide) groups is 1. The molecule has 0 heterocycles. The summed E-state index contributed by atoms with van der Waals surface area (Å²) in [7, 11) is 1.97. The summed E-state index contributed by atoms with van der Waals surface area (Å²) in [5.41, 5.74) is 2.12. The second kappa shape index (κ2) is 8.39. The quantitative estimate of drug-likeness (QED) is 0.681. The summed E-state index contributed by atoms with van der Waals surface area (Å²) in [6.45, 7) is 0. The first kappa shape index (κ1) is 17.1. The molecule has 126 valence electrons. The number of carbonyl (C=O) groups excluding carboxylic acids is 1. The van der Waals surface area contributed by atoms with E-state index in [9.17, 15) is 4.79 Å². The van der Waals surface area contributed by atoms with Gasteiger partial charge in [-0.05, 0) is 30.5 Å². The van der Waals surface area contributed by atoms with Gasteiger partial charge in [-0.25, -0.2) is 0 Å². The van der Waals surface area contributed by atoms with E-state index in [1.54, 1.807) is 11.8 Å². The summed E-state index contributed by atoms with van der Waals surface area (Å²) in [4.78, 5) is 16.0. The Morgan fingerprint density at radius 3 is 2.42 bits per heavy atom.